The van der Waals surface area contributed by atoms with Crippen molar-refractivity contribution >= 4 is 33.2 Å². The predicted molar refractivity (Wildman–Crippen MR) is 108 cm³/mol. The first-order chi connectivity index (χ1) is 13.4. The second-order valence-electron chi connectivity index (χ2n) is 6.51. The highest BCUT2D eigenvalue weighted by Crippen LogP contribution is 2.21. The molecule has 0 spiro atoms. The molecule has 2 aromatic rings. The highest BCUT2D eigenvalue weighted by atomic mass is 35.5. The van der Waals surface area contributed by atoms with Crippen LogP contribution in [0.5, 0.6) is 5.88 Å². The van der Waals surface area contributed by atoms with Crippen LogP contribution in [0.3, 0.4) is 0 Å². The number of piperidine rings is 1. The third-order valence-electron chi connectivity index (χ3n) is 4.50. The molecule has 3 rings (SSSR count). The number of hydrogen-bond acceptors (Lipinski definition) is 5. The Morgan fingerprint density at radius 3 is 2.46 bits per heavy atom. The molecular weight excluding hydrogens is 402 g/mol. The van der Waals surface area contributed by atoms with Gasteiger partial charge in [0, 0.05) is 42.6 Å². The fraction of sp³-hybridized carbons (Fsp3) is 0.368. The van der Waals surface area contributed by atoms with E-state index in [-0.39, 0.29) is 17.8 Å². The maximum absolute atomic E-state index is 12.5. The number of nitrogens with one attached hydrogen (secondary N) is 1. The molecule has 1 N–H and O–H groups in total. The molecule has 1 aliphatic heterocycles. The van der Waals surface area contributed by atoms with Gasteiger partial charge >= 0.3 is 0 Å². The Morgan fingerprint density at radius 2 is 1.89 bits per heavy atom. The minimum absolute atomic E-state index is 0.00142. The van der Waals surface area contributed by atoms with E-state index in [9.17, 15) is 13.2 Å². The molecule has 0 bridgehead atoms. The van der Waals surface area contributed by atoms with Gasteiger partial charge in [-0.25, -0.2) is 13.4 Å². The van der Waals surface area contributed by atoms with E-state index in [1.54, 1.807) is 48.2 Å². The minimum atomic E-state index is -3.33. The molecule has 9 heteroatoms. The summed E-state index contributed by atoms with van der Waals surface area (Å²) in [4.78, 5) is 18.5. The van der Waals surface area contributed by atoms with Gasteiger partial charge in [-0.05, 0) is 37.3 Å². The summed E-state index contributed by atoms with van der Waals surface area (Å²) in [6.07, 6.45) is 2.79. The Balaban J connectivity index is 1.51. The topological polar surface area (TPSA) is 88.6 Å². The van der Waals surface area contributed by atoms with Gasteiger partial charge in [-0.3, -0.25) is 9.52 Å². The number of ether oxygens (including phenoxy) is 1. The molecule has 150 valence electrons. The van der Waals surface area contributed by atoms with Crippen molar-refractivity contribution in [2.24, 2.45) is 0 Å². The van der Waals surface area contributed by atoms with E-state index in [4.69, 9.17) is 16.3 Å². The molecule has 7 nitrogen and oxygen atoms in total. The second-order valence-corrected chi connectivity index (χ2v) is 8.95. The Labute approximate surface area is 169 Å². The zero-order chi connectivity index (χ0) is 20.1. The number of halogens is 1. The predicted octanol–water partition coefficient (Wildman–Crippen LogP) is 3.18. The maximum Gasteiger partial charge on any atom is 0.253 e. The number of nitrogens with zero attached hydrogens (tertiary/aromatic N) is 2. The largest absolute Gasteiger partial charge is 0.474 e. The average Bonchev–Trinajstić information content (AvgIpc) is 2.70. The summed E-state index contributed by atoms with van der Waals surface area (Å²) in [6.45, 7) is 2.76. The average molecular weight is 424 g/mol. The molecular formula is C19H22ClN3O4S. The Kier molecular flexibility index (Phi) is 6.41. The van der Waals surface area contributed by atoms with Crippen molar-refractivity contribution in [3.8, 4) is 5.88 Å². The van der Waals surface area contributed by atoms with Crippen LogP contribution >= 0.6 is 11.6 Å². The van der Waals surface area contributed by atoms with Gasteiger partial charge in [0.15, 0.2) is 0 Å². The number of rotatable bonds is 6. The van der Waals surface area contributed by atoms with Crippen LogP contribution in [0, 0.1) is 0 Å². The van der Waals surface area contributed by atoms with Crippen LogP contribution in [0.2, 0.25) is 5.02 Å². The van der Waals surface area contributed by atoms with E-state index >= 15 is 0 Å². The molecule has 1 amide bonds. The number of anilines is 1. The second kappa shape index (κ2) is 8.79. The molecule has 1 aliphatic rings. The van der Waals surface area contributed by atoms with Crippen LogP contribution in [-0.2, 0) is 10.0 Å². The first-order valence-electron chi connectivity index (χ1n) is 9.04. The van der Waals surface area contributed by atoms with Gasteiger partial charge < -0.3 is 9.64 Å². The number of hydrogen-bond donors (Lipinski definition) is 1. The minimum Gasteiger partial charge on any atom is -0.474 e. The fourth-order valence-electron chi connectivity index (χ4n) is 2.88. The lowest BCUT2D eigenvalue weighted by molar-refractivity contribution is 0.0588. The van der Waals surface area contributed by atoms with E-state index in [2.05, 4.69) is 9.71 Å². The number of pyridine rings is 1. The highest BCUT2D eigenvalue weighted by Gasteiger charge is 2.25. The number of carbonyl (C=O) groups is 1. The molecule has 0 radical (unpaired) electrons. The van der Waals surface area contributed by atoms with E-state index in [0.717, 1.165) is 0 Å². The van der Waals surface area contributed by atoms with Gasteiger partial charge in [-0.1, -0.05) is 11.6 Å². The van der Waals surface area contributed by atoms with Crippen molar-refractivity contribution in [1.82, 2.24) is 9.88 Å². The molecule has 1 aromatic heterocycles. The van der Waals surface area contributed by atoms with Crippen LogP contribution in [0.15, 0.2) is 42.6 Å². The van der Waals surface area contributed by atoms with Crippen molar-refractivity contribution in [1.29, 1.82) is 0 Å². The maximum atomic E-state index is 12.5. The lowest BCUT2D eigenvalue weighted by atomic mass is 10.1. The molecule has 0 aliphatic carbocycles. The van der Waals surface area contributed by atoms with Crippen molar-refractivity contribution in [3.63, 3.8) is 0 Å². The molecule has 2 heterocycles. The van der Waals surface area contributed by atoms with Crippen molar-refractivity contribution in [2.45, 2.75) is 25.9 Å². The molecule has 0 atom stereocenters. The van der Waals surface area contributed by atoms with Gasteiger partial charge in [0.2, 0.25) is 15.9 Å². The van der Waals surface area contributed by atoms with E-state index in [0.29, 0.717) is 48.1 Å². The van der Waals surface area contributed by atoms with Gasteiger partial charge in [-0.15, -0.1) is 0 Å². The highest BCUT2D eigenvalue weighted by molar-refractivity contribution is 7.92. The molecule has 1 saturated heterocycles. The number of amides is 1. The van der Waals surface area contributed by atoms with Crippen LogP contribution in [0.4, 0.5) is 5.69 Å². The quantitative estimate of drug-likeness (QED) is 0.770. The first kappa shape index (κ1) is 20.4. The smallest absolute Gasteiger partial charge is 0.253 e. The first-order valence-corrected chi connectivity index (χ1v) is 11.1. The summed E-state index contributed by atoms with van der Waals surface area (Å²) in [7, 11) is -3.33. The standard InChI is InChI=1S/C19H22ClN3O4S/c1-2-28(25,26)22-16-7-8-18(21-13-16)27-17-9-11-23(12-10-17)19(24)14-3-5-15(20)6-4-14/h3-8,13,17,22H,2,9-12H2,1H3. The van der Waals surface area contributed by atoms with Crippen molar-refractivity contribution < 1.29 is 17.9 Å². The van der Waals surface area contributed by atoms with Crippen LogP contribution < -0.4 is 9.46 Å². The third kappa shape index (κ3) is 5.36. The van der Waals surface area contributed by atoms with Crippen LogP contribution in [0.1, 0.15) is 30.1 Å². The summed E-state index contributed by atoms with van der Waals surface area (Å²) in [5.41, 5.74) is 1.02. The zero-order valence-electron chi connectivity index (χ0n) is 15.5. The van der Waals surface area contributed by atoms with Gasteiger partial charge in [-0.2, -0.15) is 0 Å². The monoisotopic (exact) mass is 423 g/mol. The summed E-state index contributed by atoms with van der Waals surface area (Å²) in [5, 5.41) is 0.602. The summed E-state index contributed by atoms with van der Waals surface area (Å²) in [5.74, 6) is 0.418. The lowest BCUT2D eigenvalue weighted by Gasteiger charge is -2.32. The SMILES string of the molecule is CCS(=O)(=O)Nc1ccc(OC2CCN(C(=O)c3ccc(Cl)cc3)CC2)nc1. The number of likely N-dealkylation sites (tertiary alicyclic amines) is 1. The van der Waals surface area contributed by atoms with Crippen LogP contribution in [0.25, 0.3) is 0 Å². The molecule has 0 unspecified atom stereocenters. The van der Waals surface area contributed by atoms with Gasteiger partial charge in [0.25, 0.3) is 5.91 Å². The lowest BCUT2D eigenvalue weighted by Crippen LogP contribution is -2.41. The fourth-order valence-corrected chi connectivity index (χ4v) is 3.63. The van der Waals surface area contributed by atoms with Crippen molar-refractivity contribution in [3.05, 3.63) is 53.2 Å². The number of benzene rings is 1. The van der Waals surface area contributed by atoms with Crippen molar-refractivity contribution in [2.75, 3.05) is 23.6 Å². The number of carbonyl (C=O) groups excluding carboxylic acids is 1. The molecule has 1 fully saturated rings. The Morgan fingerprint density at radius 1 is 1.21 bits per heavy atom. The van der Waals surface area contributed by atoms with E-state index in [1.807, 2.05) is 0 Å². The summed E-state index contributed by atoms with van der Waals surface area (Å²) >= 11 is 5.87. The van der Waals surface area contributed by atoms with E-state index < -0.39 is 10.0 Å². The van der Waals surface area contributed by atoms with E-state index in [1.165, 1.54) is 6.20 Å². The molecule has 1 aromatic carbocycles. The number of sulfonamides is 1. The summed E-state index contributed by atoms with van der Waals surface area (Å²) < 4.78 is 31.4. The normalized spacial score (nSPS) is 15.3. The zero-order valence-corrected chi connectivity index (χ0v) is 17.0. The number of aromatic nitrogens is 1. The Hall–Kier alpha value is -2.32. The Bertz CT molecular complexity index is 909. The van der Waals surface area contributed by atoms with Gasteiger partial charge in [0.1, 0.15) is 6.10 Å². The third-order valence-corrected chi connectivity index (χ3v) is 6.06. The molecule has 28 heavy (non-hydrogen) atoms. The summed E-state index contributed by atoms with van der Waals surface area (Å²) in [6, 6.07) is 10.1. The van der Waals surface area contributed by atoms with Crippen LogP contribution in [-0.4, -0.2) is 49.2 Å². The molecule has 0 saturated carbocycles. The van der Waals surface area contributed by atoms with Gasteiger partial charge in [0.05, 0.1) is 17.6 Å².